The summed E-state index contributed by atoms with van der Waals surface area (Å²) in [6, 6.07) is 4.20. The quantitative estimate of drug-likeness (QED) is 0.824. The van der Waals surface area contributed by atoms with Gasteiger partial charge in [0.1, 0.15) is 11.4 Å². The van der Waals surface area contributed by atoms with Crippen LogP contribution in [0.15, 0.2) is 24.5 Å². The van der Waals surface area contributed by atoms with E-state index in [1.807, 2.05) is 0 Å². The lowest BCUT2D eigenvalue weighted by Gasteiger charge is -2.07. The number of nitrogens with zero attached hydrogens (tertiary/aromatic N) is 1. The lowest BCUT2D eigenvalue weighted by atomic mass is 10.1. The Morgan fingerprint density at radius 1 is 1.12 bits per heavy atom. The van der Waals surface area contributed by atoms with Gasteiger partial charge in [0.05, 0.1) is 16.4 Å². The SMILES string of the molecule is FC(F)(F)c1[nH]cnc1-c1ccc(Cl)c(Cl)c1. The molecule has 0 fully saturated rings. The molecule has 0 spiro atoms. The number of rotatable bonds is 1. The highest BCUT2D eigenvalue weighted by Crippen LogP contribution is 2.36. The lowest BCUT2D eigenvalue weighted by Crippen LogP contribution is -2.07. The van der Waals surface area contributed by atoms with Crippen molar-refractivity contribution in [1.82, 2.24) is 9.97 Å². The first-order chi connectivity index (χ1) is 7.89. The molecule has 1 N–H and O–H groups in total. The van der Waals surface area contributed by atoms with Gasteiger partial charge >= 0.3 is 6.18 Å². The zero-order valence-corrected chi connectivity index (χ0v) is 9.66. The Balaban J connectivity index is 2.54. The van der Waals surface area contributed by atoms with E-state index < -0.39 is 11.9 Å². The molecule has 1 aromatic carbocycles. The molecule has 0 aliphatic heterocycles. The van der Waals surface area contributed by atoms with Gasteiger partial charge in [0.2, 0.25) is 0 Å². The van der Waals surface area contributed by atoms with Crippen LogP contribution in [0.4, 0.5) is 13.2 Å². The van der Waals surface area contributed by atoms with Crippen LogP contribution in [0.1, 0.15) is 5.69 Å². The first kappa shape index (κ1) is 12.3. The van der Waals surface area contributed by atoms with Crippen LogP contribution >= 0.6 is 23.2 Å². The number of halogens is 5. The van der Waals surface area contributed by atoms with E-state index in [1.165, 1.54) is 18.2 Å². The summed E-state index contributed by atoms with van der Waals surface area (Å²) in [5.41, 5.74) is -0.847. The van der Waals surface area contributed by atoms with Gasteiger partial charge in [-0.25, -0.2) is 4.98 Å². The van der Waals surface area contributed by atoms with Crippen LogP contribution in [0.25, 0.3) is 11.3 Å². The van der Waals surface area contributed by atoms with Gasteiger partial charge in [0.25, 0.3) is 0 Å². The fourth-order valence-corrected chi connectivity index (χ4v) is 1.67. The molecule has 1 aromatic heterocycles. The summed E-state index contributed by atoms with van der Waals surface area (Å²) in [7, 11) is 0. The van der Waals surface area contributed by atoms with Crippen molar-refractivity contribution in [3.8, 4) is 11.3 Å². The van der Waals surface area contributed by atoms with Crippen LogP contribution in [0.5, 0.6) is 0 Å². The van der Waals surface area contributed by atoms with Gasteiger partial charge in [-0.3, -0.25) is 0 Å². The maximum atomic E-state index is 12.6. The van der Waals surface area contributed by atoms with Crippen LogP contribution in [-0.2, 0) is 6.18 Å². The number of aromatic amines is 1. The molecule has 1 heterocycles. The van der Waals surface area contributed by atoms with Gasteiger partial charge in [0.15, 0.2) is 0 Å². The smallest absolute Gasteiger partial charge is 0.341 e. The maximum absolute atomic E-state index is 12.6. The molecule has 0 atom stereocenters. The minimum Gasteiger partial charge on any atom is -0.341 e. The second-order valence-corrected chi connectivity index (χ2v) is 4.07. The van der Waals surface area contributed by atoms with Crippen LogP contribution in [0.2, 0.25) is 10.0 Å². The summed E-state index contributed by atoms with van der Waals surface area (Å²) in [6.45, 7) is 0. The third-order valence-corrected chi connectivity index (χ3v) is 2.85. The van der Waals surface area contributed by atoms with Crippen molar-refractivity contribution in [2.75, 3.05) is 0 Å². The van der Waals surface area contributed by atoms with Gasteiger partial charge in [-0.1, -0.05) is 29.3 Å². The summed E-state index contributed by atoms with van der Waals surface area (Å²) >= 11 is 11.4. The van der Waals surface area contributed by atoms with E-state index in [9.17, 15) is 13.2 Å². The molecule has 0 aliphatic rings. The molecular weight excluding hydrogens is 276 g/mol. The monoisotopic (exact) mass is 280 g/mol. The second kappa shape index (κ2) is 4.23. The molecule has 2 rings (SSSR count). The number of nitrogens with one attached hydrogen (secondary N) is 1. The third kappa shape index (κ3) is 2.40. The van der Waals surface area contributed by atoms with Crippen molar-refractivity contribution in [2.45, 2.75) is 6.18 Å². The van der Waals surface area contributed by atoms with Gasteiger partial charge in [-0.15, -0.1) is 0 Å². The highest BCUT2D eigenvalue weighted by atomic mass is 35.5. The summed E-state index contributed by atoms with van der Waals surface area (Å²) in [6.07, 6.45) is -3.50. The molecule has 90 valence electrons. The Kier molecular flexibility index (Phi) is 3.05. The molecule has 0 bridgehead atoms. The molecule has 0 amide bonds. The number of hydrogen-bond acceptors (Lipinski definition) is 1. The van der Waals surface area contributed by atoms with Crippen molar-refractivity contribution in [2.24, 2.45) is 0 Å². The van der Waals surface area contributed by atoms with E-state index in [0.717, 1.165) is 6.33 Å². The first-order valence-corrected chi connectivity index (χ1v) is 5.21. The molecule has 0 aliphatic carbocycles. The fourth-order valence-electron chi connectivity index (χ4n) is 1.37. The highest BCUT2D eigenvalue weighted by molar-refractivity contribution is 6.42. The zero-order valence-electron chi connectivity index (χ0n) is 8.15. The first-order valence-electron chi connectivity index (χ1n) is 4.45. The Morgan fingerprint density at radius 2 is 1.82 bits per heavy atom. The number of hydrogen-bond donors (Lipinski definition) is 1. The van der Waals surface area contributed by atoms with Crippen molar-refractivity contribution >= 4 is 23.2 Å². The van der Waals surface area contributed by atoms with E-state index >= 15 is 0 Å². The number of H-pyrrole nitrogens is 1. The van der Waals surface area contributed by atoms with E-state index in [2.05, 4.69) is 9.97 Å². The molecule has 0 saturated carbocycles. The number of imidazole rings is 1. The van der Waals surface area contributed by atoms with Gasteiger partial charge < -0.3 is 4.98 Å². The molecule has 7 heteroatoms. The molecule has 2 nitrogen and oxygen atoms in total. The van der Waals surface area contributed by atoms with Crippen LogP contribution in [0.3, 0.4) is 0 Å². The normalized spacial score (nSPS) is 11.8. The summed E-state index contributed by atoms with van der Waals surface area (Å²) in [4.78, 5) is 5.71. The minimum atomic E-state index is -4.49. The van der Waals surface area contributed by atoms with E-state index in [4.69, 9.17) is 23.2 Å². The van der Waals surface area contributed by atoms with Crippen molar-refractivity contribution in [3.63, 3.8) is 0 Å². The topological polar surface area (TPSA) is 28.7 Å². The largest absolute Gasteiger partial charge is 0.433 e. The summed E-state index contributed by atoms with van der Waals surface area (Å²) in [5.74, 6) is 0. The predicted octanol–water partition coefficient (Wildman–Crippen LogP) is 4.40. The molecular formula is C10H5Cl2F3N2. The van der Waals surface area contributed by atoms with E-state index in [0.29, 0.717) is 0 Å². The summed E-state index contributed by atoms with van der Waals surface area (Å²) < 4.78 is 37.9. The number of aromatic nitrogens is 2. The number of alkyl halides is 3. The second-order valence-electron chi connectivity index (χ2n) is 3.25. The minimum absolute atomic E-state index is 0.181. The molecule has 2 aromatic rings. The maximum Gasteiger partial charge on any atom is 0.433 e. The average molecular weight is 281 g/mol. The Bertz CT molecular complexity index is 549. The summed E-state index contributed by atoms with van der Waals surface area (Å²) in [5, 5.41) is 0.458. The Labute approximate surface area is 104 Å². The predicted molar refractivity (Wildman–Crippen MR) is 59.0 cm³/mol. The lowest BCUT2D eigenvalue weighted by molar-refractivity contribution is -0.140. The van der Waals surface area contributed by atoms with Crippen molar-refractivity contribution < 1.29 is 13.2 Å². The van der Waals surface area contributed by atoms with Gasteiger partial charge in [-0.05, 0) is 12.1 Å². The Hall–Kier alpha value is -1.20. The molecule has 0 unspecified atom stereocenters. The fraction of sp³-hybridized carbons (Fsp3) is 0.100. The third-order valence-electron chi connectivity index (χ3n) is 2.12. The van der Waals surface area contributed by atoms with Crippen molar-refractivity contribution in [3.05, 3.63) is 40.3 Å². The van der Waals surface area contributed by atoms with Gasteiger partial charge in [0, 0.05) is 5.56 Å². The van der Waals surface area contributed by atoms with Gasteiger partial charge in [-0.2, -0.15) is 13.2 Å². The number of benzene rings is 1. The van der Waals surface area contributed by atoms with Crippen LogP contribution in [0, 0.1) is 0 Å². The standard InChI is InChI=1S/C10H5Cl2F3N2/c11-6-2-1-5(3-7(6)12)8-9(10(13,14)15)17-4-16-8/h1-4H,(H,16,17). The average Bonchev–Trinajstić information content (AvgIpc) is 2.70. The zero-order chi connectivity index (χ0) is 12.6. The van der Waals surface area contributed by atoms with Crippen LogP contribution in [-0.4, -0.2) is 9.97 Å². The highest BCUT2D eigenvalue weighted by Gasteiger charge is 2.36. The van der Waals surface area contributed by atoms with E-state index in [-0.39, 0.29) is 21.3 Å². The molecule has 0 saturated heterocycles. The van der Waals surface area contributed by atoms with Crippen LogP contribution < -0.4 is 0 Å². The van der Waals surface area contributed by atoms with E-state index in [1.54, 1.807) is 0 Å². The van der Waals surface area contributed by atoms with Crippen molar-refractivity contribution in [1.29, 1.82) is 0 Å². The Morgan fingerprint density at radius 3 is 2.41 bits per heavy atom. The molecule has 17 heavy (non-hydrogen) atoms. The molecule has 0 radical (unpaired) electrons.